The summed E-state index contributed by atoms with van der Waals surface area (Å²) in [5, 5.41) is 0. The molecule has 0 spiro atoms. The Morgan fingerprint density at radius 1 is 1.24 bits per heavy atom. The fraction of sp³-hybridized carbons (Fsp3) is 0.467. The summed E-state index contributed by atoms with van der Waals surface area (Å²) in [5.41, 5.74) is 6.05. The maximum absolute atomic E-state index is 12.2. The molecule has 2 rings (SSSR count). The van der Waals surface area contributed by atoms with Crippen LogP contribution >= 0.6 is 0 Å². The summed E-state index contributed by atoms with van der Waals surface area (Å²) in [6.07, 6.45) is 1.80. The molecule has 1 aliphatic heterocycles. The monoisotopic (exact) mass is 308 g/mol. The first kappa shape index (κ1) is 16.0. The van der Waals surface area contributed by atoms with Gasteiger partial charge in [-0.05, 0) is 43.0 Å². The topological polar surface area (TPSA) is 81.4 Å². The quantitative estimate of drug-likeness (QED) is 0.802. The van der Waals surface area contributed by atoms with Crippen molar-refractivity contribution >= 4 is 10.0 Å². The lowest BCUT2D eigenvalue weighted by atomic mass is 10.0. The fourth-order valence-electron chi connectivity index (χ4n) is 2.13. The van der Waals surface area contributed by atoms with Crippen molar-refractivity contribution in [2.75, 3.05) is 26.3 Å². The number of benzene rings is 1. The molecule has 1 aliphatic rings. The van der Waals surface area contributed by atoms with Gasteiger partial charge in [-0.2, -0.15) is 0 Å². The van der Waals surface area contributed by atoms with Gasteiger partial charge in [-0.3, -0.25) is 0 Å². The van der Waals surface area contributed by atoms with Gasteiger partial charge < -0.3 is 10.5 Å². The van der Waals surface area contributed by atoms with Crippen molar-refractivity contribution in [1.29, 1.82) is 0 Å². The lowest BCUT2D eigenvalue weighted by Crippen LogP contribution is -2.32. The van der Waals surface area contributed by atoms with Crippen LogP contribution in [-0.4, -0.2) is 34.7 Å². The smallest absolute Gasteiger partial charge is 0.240 e. The second-order valence-corrected chi connectivity index (χ2v) is 6.70. The molecule has 0 unspecified atom stereocenters. The molecule has 1 aromatic carbocycles. The van der Waals surface area contributed by atoms with E-state index in [9.17, 15) is 8.42 Å². The Morgan fingerprint density at radius 2 is 1.90 bits per heavy atom. The molecule has 114 valence electrons. The van der Waals surface area contributed by atoms with Gasteiger partial charge >= 0.3 is 0 Å². The van der Waals surface area contributed by atoms with E-state index < -0.39 is 10.0 Å². The molecule has 5 nitrogen and oxygen atoms in total. The van der Waals surface area contributed by atoms with Crippen LogP contribution in [0.2, 0.25) is 0 Å². The van der Waals surface area contributed by atoms with Gasteiger partial charge in [-0.1, -0.05) is 11.8 Å². The molecule has 0 atom stereocenters. The van der Waals surface area contributed by atoms with Crippen molar-refractivity contribution in [1.82, 2.24) is 4.72 Å². The van der Waals surface area contributed by atoms with Crippen molar-refractivity contribution in [3.8, 4) is 11.8 Å². The van der Waals surface area contributed by atoms with Crippen LogP contribution in [0.25, 0.3) is 0 Å². The predicted octanol–water partition coefficient (Wildman–Crippen LogP) is 0.702. The first-order valence-electron chi connectivity index (χ1n) is 6.98. The lowest BCUT2D eigenvalue weighted by Gasteiger charge is -2.22. The van der Waals surface area contributed by atoms with Gasteiger partial charge in [0.05, 0.1) is 11.4 Å². The number of hydrogen-bond donors (Lipinski definition) is 2. The van der Waals surface area contributed by atoms with Crippen LogP contribution < -0.4 is 10.5 Å². The Hall–Kier alpha value is -1.39. The highest BCUT2D eigenvalue weighted by Gasteiger charge is 2.18. The normalized spacial score (nSPS) is 16.2. The SMILES string of the molecule is NCC#Cc1ccc(S(=O)(=O)NCC2CCOCC2)cc1. The number of hydrogen-bond acceptors (Lipinski definition) is 4. The van der Waals surface area contributed by atoms with E-state index in [4.69, 9.17) is 10.5 Å². The third-order valence-electron chi connectivity index (χ3n) is 3.40. The van der Waals surface area contributed by atoms with Crippen LogP contribution in [0.15, 0.2) is 29.2 Å². The molecule has 1 aromatic rings. The second-order valence-electron chi connectivity index (χ2n) is 4.94. The van der Waals surface area contributed by atoms with Gasteiger partial charge in [0.15, 0.2) is 0 Å². The summed E-state index contributed by atoms with van der Waals surface area (Å²) >= 11 is 0. The maximum atomic E-state index is 12.2. The van der Waals surface area contributed by atoms with E-state index in [2.05, 4.69) is 16.6 Å². The van der Waals surface area contributed by atoms with E-state index in [1.54, 1.807) is 24.3 Å². The molecule has 0 amide bonds. The Morgan fingerprint density at radius 3 is 2.52 bits per heavy atom. The lowest BCUT2D eigenvalue weighted by molar-refractivity contribution is 0.0678. The summed E-state index contributed by atoms with van der Waals surface area (Å²) in [6.45, 7) is 2.16. The standard InChI is InChI=1S/C15H20N2O3S/c16-9-1-2-13-3-5-15(6-4-13)21(18,19)17-12-14-7-10-20-11-8-14/h3-6,14,17H,7-12,16H2. The number of nitrogens with one attached hydrogen (secondary N) is 1. The van der Waals surface area contributed by atoms with Gasteiger partial charge in [-0.15, -0.1) is 0 Å². The van der Waals surface area contributed by atoms with Crippen LogP contribution in [-0.2, 0) is 14.8 Å². The third kappa shape index (κ3) is 4.83. The minimum atomic E-state index is -3.46. The van der Waals surface area contributed by atoms with Crippen LogP contribution in [0.3, 0.4) is 0 Å². The summed E-state index contributed by atoms with van der Waals surface area (Å²) in [4.78, 5) is 0.257. The van der Waals surface area contributed by atoms with Gasteiger partial charge in [-0.25, -0.2) is 13.1 Å². The highest BCUT2D eigenvalue weighted by atomic mass is 32.2. The first-order valence-corrected chi connectivity index (χ1v) is 8.46. The van der Waals surface area contributed by atoms with Crippen molar-refractivity contribution in [2.45, 2.75) is 17.7 Å². The van der Waals surface area contributed by atoms with Crippen LogP contribution in [0.4, 0.5) is 0 Å². The molecular formula is C15H20N2O3S. The average molecular weight is 308 g/mol. The van der Waals surface area contributed by atoms with E-state index in [0.29, 0.717) is 25.7 Å². The minimum absolute atomic E-state index is 0.257. The first-order chi connectivity index (χ1) is 10.1. The Bertz CT molecular complexity index is 609. The molecular weight excluding hydrogens is 288 g/mol. The van der Waals surface area contributed by atoms with Crippen molar-refractivity contribution < 1.29 is 13.2 Å². The molecule has 6 heteroatoms. The van der Waals surface area contributed by atoms with Crippen molar-refractivity contribution in [2.24, 2.45) is 11.7 Å². The highest BCUT2D eigenvalue weighted by Crippen LogP contribution is 2.15. The average Bonchev–Trinajstić information content (AvgIpc) is 2.52. The number of rotatable bonds is 4. The molecule has 0 saturated carbocycles. The fourth-order valence-corrected chi connectivity index (χ4v) is 3.25. The zero-order valence-corrected chi connectivity index (χ0v) is 12.7. The van der Waals surface area contributed by atoms with E-state index in [-0.39, 0.29) is 11.4 Å². The Kier molecular flexibility index (Phi) is 5.76. The molecule has 1 saturated heterocycles. The molecule has 1 fully saturated rings. The van der Waals surface area contributed by atoms with E-state index in [0.717, 1.165) is 18.4 Å². The van der Waals surface area contributed by atoms with Crippen LogP contribution in [0.5, 0.6) is 0 Å². The van der Waals surface area contributed by atoms with Crippen LogP contribution in [0.1, 0.15) is 18.4 Å². The number of nitrogens with two attached hydrogens (primary N) is 1. The summed E-state index contributed by atoms with van der Waals surface area (Å²) in [7, 11) is -3.46. The van der Waals surface area contributed by atoms with E-state index >= 15 is 0 Å². The molecule has 1 heterocycles. The zero-order chi connectivity index (χ0) is 15.1. The summed E-state index contributed by atoms with van der Waals surface area (Å²) < 4.78 is 32.3. The van der Waals surface area contributed by atoms with Crippen molar-refractivity contribution in [3.63, 3.8) is 0 Å². The Balaban J connectivity index is 1.98. The molecule has 0 aliphatic carbocycles. The van der Waals surface area contributed by atoms with Gasteiger partial charge in [0.1, 0.15) is 0 Å². The summed E-state index contributed by atoms with van der Waals surface area (Å²) in [5.74, 6) is 5.94. The Labute approximate surface area is 125 Å². The zero-order valence-electron chi connectivity index (χ0n) is 11.8. The van der Waals surface area contributed by atoms with Crippen molar-refractivity contribution in [3.05, 3.63) is 29.8 Å². The van der Waals surface area contributed by atoms with Gasteiger partial charge in [0.25, 0.3) is 0 Å². The predicted molar refractivity (Wildman–Crippen MR) is 81.1 cm³/mol. The molecule has 3 N–H and O–H groups in total. The van der Waals surface area contributed by atoms with Gasteiger partial charge in [0.2, 0.25) is 10.0 Å². The maximum Gasteiger partial charge on any atom is 0.240 e. The van der Waals surface area contributed by atoms with Gasteiger partial charge in [0, 0.05) is 25.3 Å². The summed E-state index contributed by atoms with van der Waals surface area (Å²) in [6, 6.07) is 6.50. The number of sulfonamides is 1. The van der Waals surface area contributed by atoms with E-state index in [1.165, 1.54) is 0 Å². The third-order valence-corrected chi connectivity index (χ3v) is 4.84. The molecule has 0 bridgehead atoms. The largest absolute Gasteiger partial charge is 0.381 e. The minimum Gasteiger partial charge on any atom is -0.381 e. The highest BCUT2D eigenvalue weighted by molar-refractivity contribution is 7.89. The van der Waals surface area contributed by atoms with Crippen LogP contribution in [0, 0.1) is 17.8 Å². The second kappa shape index (κ2) is 7.57. The molecule has 21 heavy (non-hydrogen) atoms. The molecule has 0 radical (unpaired) electrons. The number of ether oxygens (including phenoxy) is 1. The molecule has 0 aromatic heterocycles. The van der Waals surface area contributed by atoms with E-state index in [1.807, 2.05) is 0 Å².